The maximum atomic E-state index is 13.0. The molecule has 0 spiro atoms. The van der Waals surface area contributed by atoms with E-state index in [0.29, 0.717) is 35.8 Å². The molecule has 1 aliphatic heterocycles. The van der Waals surface area contributed by atoms with E-state index in [2.05, 4.69) is 21.3 Å². The number of aromatic amines is 1. The van der Waals surface area contributed by atoms with Gasteiger partial charge in [0.2, 0.25) is 5.95 Å². The molecule has 2 aromatic heterocycles. The molecule has 9 nitrogen and oxygen atoms in total. The number of fused-ring (bicyclic) bond motifs is 1. The number of hydrogen-bond donors (Lipinski definition) is 2. The van der Waals surface area contributed by atoms with Crippen LogP contribution in [0, 0.1) is 11.3 Å². The van der Waals surface area contributed by atoms with E-state index < -0.39 is 11.2 Å². The Morgan fingerprint density at radius 2 is 1.67 bits per heavy atom. The predicted octanol–water partition coefficient (Wildman–Crippen LogP) is 1.26. The van der Waals surface area contributed by atoms with Crippen molar-refractivity contribution < 1.29 is 0 Å². The smallest absolute Gasteiger partial charge is 0.330 e. The zero-order valence-corrected chi connectivity index (χ0v) is 18.0. The summed E-state index contributed by atoms with van der Waals surface area (Å²) in [5.74, 6) is 0.622. The number of nitrogens with one attached hydrogen (secondary N) is 2. The van der Waals surface area contributed by atoms with Crippen LogP contribution in [0.2, 0.25) is 0 Å². The van der Waals surface area contributed by atoms with Crippen molar-refractivity contribution in [2.24, 2.45) is 0 Å². The van der Waals surface area contributed by atoms with Crippen LogP contribution in [0.4, 0.5) is 5.95 Å². The lowest BCUT2D eigenvalue weighted by Crippen LogP contribution is -2.44. The zero-order chi connectivity index (χ0) is 22.8. The van der Waals surface area contributed by atoms with Crippen LogP contribution in [0.3, 0.4) is 0 Å². The first kappa shape index (κ1) is 20.7. The van der Waals surface area contributed by atoms with Crippen molar-refractivity contribution in [1.29, 1.82) is 5.26 Å². The van der Waals surface area contributed by atoms with E-state index in [-0.39, 0.29) is 0 Å². The lowest BCUT2D eigenvalue weighted by Gasteiger charge is -2.28. The largest absolute Gasteiger partial charge is 0.340 e. The van der Waals surface area contributed by atoms with Gasteiger partial charge in [-0.15, -0.1) is 0 Å². The summed E-state index contributed by atoms with van der Waals surface area (Å²) in [6.45, 7) is 3.64. The van der Waals surface area contributed by atoms with Crippen molar-refractivity contribution in [2.45, 2.75) is 13.1 Å². The van der Waals surface area contributed by atoms with E-state index in [1.54, 1.807) is 6.07 Å². The molecule has 9 heteroatoms. The number of nitriles is 1. The third-order valence-electron chi connectivity index (χ3n) is 5.92. The molecule has 4 aromatic rings. The Morgan fingerprint density at radius 1 is 0.939 bits per heavy atom. The number of H-pyrrole nitrogens is 1. The first-order valence-corrected chi connectivity index (χ1v) is 10.9. The summed E-state index contributed by atoms with van der Waals surface area (Å²) >= 11 is 0. The lowest BCUT2D eigenvalue weighted by molar-refractivity contribution is 0.571. The van der Waals surface area contributed by atoms with Crippen molar-refractivity contribution in [3.8, 4) is 6.07 Å². The minimum atomic E-state index is -0.495. The predicted molar refractivity (Wildman–Crippen MR) is 125 cm³/mol. The minimum absolute atomic E-state index is 0.291. The van der Waals surface area contributed by atoms with Crippen molar-refractivity contribution >= 4 is 17.1 Å². The molecular weight excluding hydrogens is 418 g/mol. The first-order valence-electron chi connectivity index (χ1n) is 10.9. The van der Waals surface area contributed by atoms with Crippen molar-refractivity contribution in [3.05, 3.63) is 92.1 Å². The maximum absolute atomic E-state index is 13.0. The molecular formula is C24H23N7O2. The molecule has 3 heterocycles. The van der Waals surface area contributed by atoms with E-state index in [0.717, 1.165) is 37.3 Å². The van der Waals surface area contributed by atoms with E-state index in [1.165, 1.54) is 4.57 Å². The molecule has 0 bridgehead atoms. The van der Waals surface area contributed by atoms with Crippen LogP contribution >= 0.6 is 0 Å². The highest BCUT2D eigenvalue weighted by Crippen LogP contribution is 2.23. The second-order valence-electron chi connectivity index (χ2n) is 8.01. The Balaban J connectivity index is 1.73. The molecule has 0 unspecified atom stereocenters. The zero-order valence-electron chi connectivity index (χ0n) is 18.0. The van der Waals surface area contributed by atoms with E-state index in [9.17, 15) is 14.9 Å². The van der Waals surface area contributed by atoms with Gasteiger partial charge in [-0.05, 0) is 17.2 Å². The number of nitrogens with zero attached hydrogens (tertiary/aromatic N) is 5. The van der Waals surface area contributed by atoms with Crippen molar-refractivity contribution in [3.63, 3.8) is 0 Å². The molecule has 166 valence electrons. The van der Waals surface area contributed by atoms with Gasteiger partial charge in [0, 0.05) is 26.2 Å². The summed E-state index contributed by atoms with van der Waals surface area (Å²) in [6.07, 6.45) is 0. The summed E-state index contributed by atoms with van der Waals surface area (Å²) in [4.78, 5) is 35.3. The lowest BCUT2D eigenvalue weighted by atomic mass is 10.1. The van der Waals surface area contributed by atoms with E-state index in [1.807, 2.05) is 53.1 Å². The summed E-state index contributed by atoms with van der Waals surface area (Å²) in [5.41, 5.74) is 1.95. The van der Waals surface area contributed by atoms with Gasteiger partial charge in [0.1, 0.15) is 0 Å². The Bertz CT molecular complexity index is 1450. The topological polar surface area (TPSA) is 112 Å². The van der Waals surface area contributed by atoms with Gasteiger partial charge in [-0.1, -0.05) is 48.5 Å². The number of anilines is 1. The van der Waals surface area contributed by atoms with Gasteiger partial charge in [0.05, 0.1) is 24.7 Å². The van der Waals surface area contributed by atoms with Crippen LogP contribution in [0.1, 0.15) is 16.7 Å². The Morgan fingerprint density at radius 3 is 2.42 bits per heavy atom. The van der Waals surface area contributed by atoms with Crippen LogP contribution in [0.5, 0.6) is 0 Å². The highest BCUT2D eigenvalue weighted by molar-refractivity contribution is 5.75. The highest BCUT2D eigenvalue weighted by Gasteiger charge is 2.24. The van der Waals surface area contributed by atoms with Crippen LogP contribution < -0.4 is 21.5 Å². The quantitative estimate of drug-likeness (QED) is 0.482. The average molecular weight is 441 g/mol. The molecule has 0 aliphatic carbocycles. The van der Waals surface area contributed by atoms with Crippen LogP contribution in [0.25, 0.3) is 11.2 Å². The first-order chi connectivity index (χ1) is 16.2. The van der Waals surface area contributed by atoms with Gasteiger partial charge in [-0.25, -0.2) is 4.79 Å². The minimum Gasteiger partial charge on any atom is -0.340 e. The number of piperazine rings is 1. The van der Waals surface area contributed by atoms with Gasteiger partial charge in [0.15, 0.2) is 11.2 Å². The normalized spacial score (nSPS) is 13.8. The number of benzene rings is 2. The second-order valence-corrected chi connectivity index (χ2v) is 8.01. The molecule has 1 fully saturated rings. The Labute approximate surface area is 189 Å². The highest BCUT2D eigenvalue weighted by atomic mass is 16.2. The molecule has 1 aliphatic rings. The monoisotopic (exact) mass is 441 g/mol. The fourth-order valence-electron chi connectivity index (χ4n) is 4.27. The van der Waals surface area contributed by atoms with Gasteiger partial charge in [-0.2, -0.15) is 10.2 Å². The third-order valence-corrected chi connectivity index (χ3v) is 5.92. The fourth-order valence-corrected chi connectivity index (χ4v) is 4.27. The Kier molecular flexibility index (Phi) is 5.50. The number of hydrogen-bond acceptors (Lipinski definition) is 6. The van der Waals surface area contributed by atoms with Gasteiger partial charge >= 0.3 is 5.69 Å². The molecule has 1 saturated heterocycles. The van der Waals surface area contributed by atoms with Gasteiger partial charge in [0.25, 0.3) is 5.56 Å². The summed E-state index contributed by atoms with van der Waals surface area (Å²) < 4.78 is 3.33. The Hall–Kier alpha value is -4.16. The van der Waals surface area contributed by atoms with Crippen molar-refractivity contribution in [1.82, 2.24) is 24.4 Å². The third kappa shape index (κ3) is 3.92. The second kappa shape index (κ2) is 8.76. The summed E-state index contributed by atoms with van der Waals surface area (Å²) in [5, 5.41) is 12.9. The number of imidazole rings is 1. The SMILES string of the molecule is N#Cc1ccccc1Cn1c(N2CCNCC2)nc2c1c(=O)[nH]c(=O)n2Cc1ccccc1. The molecule has 2 N–H and O–H groups in total. The molecule has 0 amide bonds. The van der Waals surface area contributed by atoms with Crippen molar-refractivity contribution in [2.75, 3.05) is 31.1 Å². The molecule has 5 rings (SSSR count). The number of rotatable bonds is 5. The molecule has 0 saturated carbocycles. The average Bonchev–Trinajstić information content (AvgIpc) is 3.23. The maximum Gasteiger partial charge on any atom is 0.330 e. The summed E-state index contributed by atoms with van der Waals surface area (Å²) in [6, 6.07) is 19.1. The van der Waals surface area contributed by atoms with Crippen LogP contribution in [-0.4, -0.2) is 45.3 Å². The summed E-state index contributed by atoms with van der Waals surface area (Å²) in [7, 11) is 0. The van der Waals surface area contributed by atoms with Crippen LogP contribution in [-0.2, 0) is 13.1 Å². The van der Waals surface area contributed by atoms with Gasteiger partial charge < -0.3 is 10.2 Å². The van der Waals surface area contributed by atoms with Crippen LogP contribution in [0.15, 0.2) is 64.2 Å². The van der Waals surface area contributed by atoms with E-state index in [4.69, 9.17) is 4.98 Å². The standard InChI is InChI=1S/C24H23N7O2/c25-14-18-8-4-5-9-19(18)16-30-20-21(27-23(30)29-12-10-26-11-13-29)31(24(33)28-22(20)32)15-17-6-2-1-3-7-17/h1-9,26H,10-13,15-16H2,(H,28,32,33). The molecule has 33 heavy (non-hydrogen) atoms. The number of aromatic nitrogens is 4. The molecule has 0 radical (unpaired) electrons. The van der Waals surface area contributed by atoms with E-state index >= 15 is 0 Å². The van der Waals surface area contributed by atoms with Gasteiger partial charge in [-0.3, -0.25) is 18.9 Å². The molecule has 2 aromatic carbocycles. The fraction of sp³-hybridized carbons (Fsp3) is 0.250. The molecule has 0 atom stereocenters.